The Labute approximate surface area is 246 Å². The molecule has 3 aromatic carbocycles. The van der Waals surface area contributed by atoms with E-state index >= 15 is 0 Å². The van der Waals surface area contributed by atoms with Crippen molar-refractivity contribution in [1.82, 2.24) is 4.72 Å². The first kappa shape index (κ1) is 29.8. The van der Waals surface area contributed by atoms with E-state index < -0.39 is 50.8 Å². The van der Waals surface area contributed by atoms with Gasteiger partial charge >= 0.3 is 6.18 Å². The van der Waals surface area contributed by atoms with Gasteiger partial charge < -0.3 is 25.0 Å². The number of aryl methyl sites for hydroxylation is 1. The Balaban J connectivity index is 0.00000264. The summed E-state index contributed by atoms with van der Waals surface area (Å²) in [5, 5.41) is 21.8. The molecule has 0 radical (unpaired) electrons. The molecule has 1 heterocycles. The second kappa shape index (κ2) is 10.6. The van der Waals surface area contributed by atoms with E-state index in [0.717, 1.165) is 24.6 Å². The lowest BCUT2D eigenvalue weighted by Crippen LogP contribution is -2.51. The highest BCUT2D eigenvalue weighted by molar-refractivity contribution is 7.89. The Morgan fingerprint density at radius 2 is 1.69 bits per heavy atom. The number of anilines is 1. The number of aliphatic hydroxyl groups excluding tert-OH is 2. The molecule has 0 atom stereocenters. The van der Waals surface area contributed by atoms with Gasteiger partial charge in [0.25, 0.3) is 0 Å². The zero-order chi connectivity index (χ0) is 30.5. The number of sulfonamides is 1. The van der Waals surface area contributed by atoms with Crippen LogP contribution in [-0.2, 0) is 26.4 Å². The summed E-state index contributed by atoms with van der Waals surface area (Å²) in [6.07, 6.45) is -3.82. The summed E-state index contributed by atoms with van der Waals surface area (Å²) in [4.78, 5) is 12.3. The van der Waals surface area contributed by atoms with Crippen LogP contribution in [0.1, 0.15) is 42.2 Å². The van der Waals surface area contributed by atoms with Crippen molar-refractivity contribution in [3.05, 3.63) is 71.3 Å². The van der Waals surface area contributed by atoms with E-state index in [0.29, 0.717) is 41.2 Å². The molecule has 42 heavy (non-hydrogen) atoms. The van der Waals surface area contributed by atoms with Gasteiger partial charge in [-0.15, -0.1) is 0 Å². The Hall–Kier alpha value is -3.65. The highest BCUT2D eigenvalue weighted by Gasteiger charge is 2.51. The van der Waals surface area contributed by atoms with Crippen molar-refractivity contribution >= 4 is 21.6 Å². The molecule has 0 saturated heterocycles. The molecule has 5 rings (SSSR count). The molecule has 2 aliphatic rings. The SMILES string of the molecule is Cc1ccc(NC(=O)C2(c3ccc4c(c3)OCO4)CC2)cc1-c1ccc(S(=O)(=O)NC(C)(CO)CO)c(C(F)(F)F)c1.[HH].[HH].[HH].[HH]. The standard InChI is InChI=1S/C29H29F3N2O7S.4H2/c1-17-3-6-20(33-26(37)28(9-10-28)19-5-7-23-24(12-19)41-16-40-23)13-21(17)18-4-8-25(22(11-18)29(30,31)32)42(38,39)34-27(2,14-35)15-36;;;;/h3-8,11-13,34-36H,9-10,14-16H2,1-2H3,(H,33,37);4*1H. The first-order valence-electron chi connectivity index (χ1n) is 13.0. The molecule has 0 unspecified atom stereocenters. The summed E-state index contributed by atoms with van der Waals surface area (Å²) in [6.45, 7) is 1.27. The fourth-order valence-corrected chi connectivity index (χ4v) is 6.47. The van der Waals surface area contributed by atoms with Crippen LogP contribution in [0.4, 0.5) is 18.9 Å². The number of alkyl halides is 3. The third-order valence-electron chi connectivity index (χ3n) is 7.57. The van der Waals surface area contributed by atoms with Gasteiger partial charge in [0.1, 0.15) is 0 Å². The number of ether oxygens (including phenoxy) is 2. The number of benzene rings is 3. The van der Waals surface area contributed by atoms with Crippen LogP contribution in [0, 0.1) is 6.92 Å². The van der Waals surface area contributed by atoms with Crippen LogP contribution in [0.5, 0.6) is 11.5 Å². The van der Waals surface area contributed by atoms with Gasteiger partial charge in [-0.2, -0.15) is 13.2 Å². The third-order valence-corrected chi connectivity index (χ3v) is 9.27. The van der Waals surface area contributed by atoms with Crippen molar-refractivity contribution in [2.45, 2.75) is 48.7 Å². The maximum absolute atomic E-state index is 14.1. The topological polar surface area (TPSA) is 134 Å². The zero-order valence-electron chi connectivity index (χ0n) is 22.7. The van der Waals surface area contributed by atoms with Gasteiger partial charge in [0.2, 0.25) is 22.7 Å². The maximum Gasteiger partial charge on any atom is 0.417 e. The number of hydrogen-bond acceptors (Lipinski definition) is 7. The molecule has 1 amide bonds. The number of aliphatic hydroxyl groups is 2. The summed E-state index contributed by atoms with van der Waals surface area (Å²) in [7, 11) is -4.79. The number of carbonyl (C=O) groups is 1. The highest BCUT2D eigenvalue weighted by Crippen LogP contribution is 2.51. The van der Waals surface area contributed by atoms with E-state index in [1.165, 1.54) is 6.07 Å². The van der Waals surface area contributed by atoms with Gasteiger partial charge in [-0.25, -0.2) is 13.1 Å². The average molecular weight is 615 g/mol. The van der Waals surface area contributed by atoms with Crippen molar-refractivity contribution in [3.8, 4) is 22.6 Å². The maximum atomic E-state index is 14.1. The zero-order valence-corrected chi connectivity index (χ0v) is 23.5. The van der Waals surface area contributed by atoms with Crippen molar-refractivity contribution < 1.29 is 51.8 Å². The molecule has 0 aromatic heterocycles. The van der Waals surface area contributed by atoms with E-state index in [9.17, 15) is 36.6 Å². The normalized spacial score (nSPS) is 15.9. The highest BCUT2D eigenvalue weighted by atomic mass is 32.2. The fraction of sp³-hybridized carbons (Fsp3) is 0.345. The monoisotopic (exact) mass is 614 g/mol. The number of hydrogen-bond donors (Lipinski definition) is 4. The molecule has 0 bridgehead atoms. The van der Waals surface area contributed by atoms with Crippen molar-refractivity contribution in [1.29, 1.82) is 0 Å². The van der Waals surface area contributed by atoms with Gasteiger partial charge in [-0.1, -0.05) is 18.2 Å². The van der Waals surface area contributed by atoms with Gasteiger partial charge in [0.15, 0.2) is 11.5 Å². The molecule has 0 spiro atoms. The third kappa shape index (κ3) is 5.56. The molecule has 1 aliphatic heterocycles. The van der Waals surface area contributed by atoms with Crippen LogP contribution >= 0.6 is 0 Å². The summed E-state index contributed by atoms with van der Waals surface area (Å²) in [6, 6.07) is 13.0. The van der Waals surface area contributed by atoms with Gasteiger partial charge in [-0.3, -0.25) is 4.79 Å². The quantitative estimate of drug-likeness (QED) is 0.264. The second-order valence-corrected chi connectivity index (χ2v) is 12.5. The first-order chi connectivity index (χ1) is 19.7. The van der Waals surface area contributed by atoms with Crippen molar-refractivity contribution in [3.63, 3.8) is 0 Å². The fourth-order valence-electron chi connectivity index (χ4n) is 4.87. The van der Waals surface area contributed by atoms with E-state index in [4.69, 9.17) is 9.47 Å². The van der Waals surface area contributed by atoms with Gasteiger partial charge in [0, 0.05) is 11.4 Å². The summed E-state index contributed by atoms with van der Waals surface area (Å²) < 4.78 is 81.0. The van der Waals surface area contributed by atoms with Gasteiger partial charge in [0.05, 0.1) is 34.6 Å². The van der Waals surface area contributed by atoms with E-state index in [1.807, 2.05) is 10.8 Å². The lowest BCUT2D eigenvalue weighted by atomic mass is 9.94. The molecule has 13 heteroatoms. The number of nitrogens with one attached hydrogen (secondary N) is 2. The molecule has 1 saturated carbocycles. The van der Waals surface area contributed by atoms with Crippen LogP contribution in [-0.4, -0.2) is 50.1 Å². The number of carbonyl (C=O) groups excluding carboxylic acids is 1. The second-order valence-electron chi connectivity index (χ2n) is 10.8. The number of amides is 1. The van der Waals surface area contributed by atoms with Crippen LogP contribution < -0.4 is 19.5 Å². The minimum atomic E-state index is -5.04. The molecule has 3 aromatic rings. The van der Waals surface area contributed by atoms with Crippen LogP contribution in [0.15, 0.2) is 59.5 Å². The minimum absolute atomic E-state index is 0. The Morgan fingerprint density at radius 1 is 1.00 bits per heavy atom. The predicted molar refractivity (Wildman–Crippen MR) is 155 cm³/mol. The molecular weight excluding hydrogens is 577 g/mol. The number of rotatable bonds is 9. The van der Waals surface area contributed by atoms with Crippen molar-refractivity contribution in [2.24, 2.45) is 0 Å². The molecule has 1 aliphatic carbocycles. The summed E-state index contributed by atoms with van der Waals surface area (Å²) >= 11 is 0. The smallest absolute Gasteiger partial charge is 0.417 e. The van der Waals surface area contributed by atoms with Crippen LogP contribution in [0.2, 0.25) is 0 Å². The number of fused-ring (bicyclic) bond motifs is 1. The molecule has 4 N–H and O–H groups in total. The Bertz CT molecular complexity index is 1670. The molecule has 1 fully saturated rings. The van der Waals surface area contributed by atoms with Crippen LogP contribution in [0.25, 0.3) is 11.1 Å². The molecular formula is C29H37F3N2O7S. The minimum Gasteiger partial charge on any atom is -0.454 e. The van der Waals surface area contributed by atoms with E-state index in [-0.39, 0.29) is 24.0 Å². The Kier molecular flexibility index (Phi) is 7.50. The van der Waals surface area contributed by atoms with E-state index in [2.05, 4.69) is 5.32 Å². The first-order valence-corrected chi connectivity index (χ1v) is 14.5. The Morgan fingerprint density at radius 3 is 2.33 bits per heavy atom. The summed E-state index contributed by atoms with van der Waals surface area (Å²) in [5.74, 6) is 0.889. The lowest BCUT2D eigenvalue weighted by Gasteiger charge is -2.26. The largest absolute Gasteiger partial charge is 0.454 e. The molecule has 232 valence electrons. The average Bonchev–Trinajstić information content (AvgIpc) is 3.63. The number of halogens is 3. The van der Waals surface area contributed by atoms with Gasteiger partial charge in [-0.05, 0) is 85.3 Å². The van der Waals surface area contributed by atoms with Crippen molar-refractivity contribution in [2.75, 3.05) is 25.3 Å². The lowest BCUT2D eigenvalue weighted by molar-refractivity contribution is -0.139. The summed E-state index contributed by atoms with van der Waals surface area (Å²) in [5.41, 5.74) is -1.78. The molecule has 9 nitrogen and oxygen atoms in total. The predicted octanol–water partition coefficient (Wildman–Crippen LogP) is 5.09. The van der Waals surface area contributed by atoms with Crippen LogP contribution in [0.3, 0.4) is 0 Å². The van der Waals surface area contributed by atoms with E-state index in [1.54, 1.807) is 37.3 Å².